The van der Waals surface area contributed by atoms with E-state index in [1.54, 1.807) is 30.3 Å². The fraction of sp³-hybridized carbons (Fsp3) is 0.200. The summed E-state index contributed by atoms with van der Waals surface area (Å²) in [6, 6.07) is 16.1. The minimum absolute atomic E-state index is 0.0542. The average Bonchev–Trinajstić information content (AvgIpc) is 3.09. The van der Waals surface area contributed by atoms with Gasteiger partial charge in [-0.1, -0.05) is 42.5 Å². The fourth-order valence-corrected chi connectivity index (χ4v) is 2.79. The number of benzene rings is 2. The minimum Gasteiger partial charge on any atom is -0.382 e. The number of hydrogen-bond donors (Lipinski definition) is 1. The summed E-state index contributed by atoms with van der Waals surface area (Å²) >= 11 is 0. The van der Waals surface area contributed by atoms with E-state index in [9.17, 15) is 23.1 Å². The Labute approximate surface area is 153 Å². The van der Waals surface area contributed by atoms with Gasteiger partial charge in [-0.3, -0.25) is 9.48 Å². The van der Waals surface area contributed by atoms with Crippen molar-refractivity contribution in [1.82, 2.24) is 9.78 Å². The average molecular weight is 374 g/mol. The lowest BCUT2D eigenvalue weighted by Crippen LogP contribution is -2.32. The molecule has 1 N–H and O–H groups in total. The van der Waals surface area contributed by atoms with Crippen molar-refractivity contribution in [2.75, 3.05) is 0 Å². The first-order chi connectivity index (χ1) is 12.8. The van der Waals surface area contributed by atoms with Crippen LogP contribution in [0, 0.1) is 0 Å². The van der Waals surface area contributed by atoms with Crippen LogP contribution in [0.25, 0.3) is 22.4 Å². The first-order valence-electron chi connectivity index (χ1n) is 8.24. The molecular weight excluding hydrogens is 357 g/mol. The van der Waals surface area contributed by atoms with Crippen LogP contribution in [0.2, 0.25) is 0 Å². The molecule has 0 radical (unpaired) electrons. The molecular formula is C20H17F3N2O2. The van der Waals surface area contributed by atoms with Crippen LogP contribution in [-0.2, 0) is 6.54 Å². The summed E-state index contributed by atoms with van der Waals surface area (Å²) in [7, 11) is 0. The number of halogens is 3. The third-order valence-corrected chi connectivity index (χ3v) is 4.15. The number of aliphatic hydroxyl groups excluding tert-OH is 1. The summed E-state index contributed by atoms with van der Waals surface area (Å²) in [6.07, 6.45) is -5.78. The predicted molar refractivity (Wildman–Crippen MR) is 95.2 cm³/mol. The number of carbonyl (C=O) groups is 1. The van der Waals surface area contributed by atoms with Crippen LogP contribution in [0.4, 0.5) is 13.2 Å². The van der Waals surface area contributed by atoms with Crippen LogP contribution in [0.1, 0.15) is 17.3 Å². The number of nitrogens with zero attached hydrogens (tertiary/aromatic N) is 2. The maximum absolute atomic E-state index is 12.5. The van der Waals surface area contributed by atoms with Gasteiger partial charge in [-0.25, -0.2) is 0 Å². The summed E-state index contributed by atoms with van der Waals surface area (Å²) in [5, 5.41) is 13.3. The highest BCUT2D eigenvalue weighted by molar-refractivity contribution is 6.01. The van der Waals surface area contributed by atoms with Gasteiger partial charge in [0.25, 0.3) is 0 Å². The van der Waals surface area contributed by atoms with Crippen LogP contribution >= 0.6 is 0 Å². The molecule has 0 saturated heterocycles. The SMILES string of the molecule is CC(=O)c1ccccc1-c1cccc(-c2ccn(C[C@@H](O)C(F)(F)F)n2)c1. The lowest BCUT2D eigenvalue weighted by molar-refractivity contribution is -0.208. The molecule has 0 unspecified atom stereocenters. The largest absolute Gasteiger partial charge is 0.416 e. The van der Waals surface area contributed by atoms with Gasteiger partial charge < -0.3 is 5.11 Å². The fourth-order valence-electron chi connectivity index (χ4n) is 2.79. The monoisotopic (exact) mass is 374 g/mol. The van der Waals surface area contributed by atoms with E-state index in [0.717, 1.165) is 15.8 Å². The maximum Gasteiger partial charge on any atom is 0.416 e. The Hall–Kier alpha value is -2.93. The smallest absolute Gasteiger partial charge is 0.382 e. The number of carbonyl (C=O) groups excluding carboxylic acids is 1. The lowest BCUT2D eigenvalue weighted by atomic mass is 9.96. The van der Waals surface area contributed by atoms with Gasteiger partial charge in [0.05, 0.1) is 12.2 Å². The molecule has 2 aromatic carbocycles. The molecule has 0 fully saturated rings. The number of hydrogen-bond acceptors (Lipinski definition) is 3. The number of alkyl halides is 3. The number of ketones is 1. The Kier molecular flexibility index (Phi) is 5.14. The van der Waals surface area contributed by atoms with Gasteiger partial charge in [0.15, 0.2) is 11.9 Å². The third kappa shape index (κ3) is 4.25. The van der Waals surface area contributed by atoms with Gasteiger partial charge >= 0.3 is 6.18 Å². The number of aromatic nitrogens is 2. The van der Waals surface area contributed by atoms with Crippen LogP contribution in [0.15, 0.2) is 60.8 Å². The Bertz CT molecular complexity index is 964. The van der Waals surface area contributed by atoms with Crippen LogP contribution in [-0.4, -0.2) is 33.0 Å². The third-order valence-electron chi connectivity index (χ3n) is 4.15. The second-order valence-corrected chi connectivity index (χ2v) is 6.16. The topological polar surface area (TPSA) is 55.1 Å². The van der Waals surface area contributed by atoms with Crippen molar-refractivity contribution >= 4 is 5.78 Å². The lowest BCUT2D eigenvalue weighted by Gasteiger charge is -2.14. The van der Waals surface area contributed by atoms with Crippen molar-refractivity contribution in [3.63, 3.8) is 0 Å². The number of Topliss-reactive ketones (excluding diaryl/α,β-unsaturated/α-hetero) is 1. The summed E-state index contributed by atoms with van der Waals surface area (Å²) in [5.41, 5.74) is 3.35. The quantitative estimate of drug-likeness (QED) is 0.676. The maximum atomic E-state index is 12.5. The van der Waals surface area contributed by atoms with E-state index in [1.165, 1.54) is 13.1 Å². The zero-order chi connectivity index (χ0) is 19.6. The highest BCUT2D eigenvalue weighted by Gasteiger charge is 2.38. The minimum atomic E-state index is -4.69. The Morgan fingerprint density at radius 2 is 1.81 bits per heavy atom. The summed E-state index contributed by atoms with van der Waals surface area (Å²) in [4.78, 5) is 11.9. The molecule has 0 aliphatic rings. The van der Waals surface area contributed by atoms with E-state index in [-0.39, 0.29) is 5.78 Å². The molecule has 0 aliphatic heterocycles. The number of aliphatic hydroxyl groups is 1. The highest BCUT2D eigenvalue weighted by atomic mass is 19.4. The molecule has 1 atom stereocenters. The summed E-state index contributed by atoms with van der Waals surface area (Å²) < 4.78 is 38.5. The van der Waals surface area contributed by atoms with Crippen molar-refractivity contribution < 1.29 is 23.1 Å². The van der Waals surface area contributed by atoms with Crippen molar-refractivity contribution in [2.24, 2.45) is 0 Å². The normalized spacial score (nSPS) is 12.8. The van der Waals surface area contributed by atoms with Gasteiger partial charge in [-0.05, 0) is 30.2 Å². The molecule has 1 aromatic heterocycles. The van der Waals surface area contributed by atoms with Crippen LogP contribution in [0.5, 0.6) is 0 Å². The second-order valence-electron chi connectivity index (χ2n) is 6.16. The van der Waals surface area contributed by atoms with Crippen molar-refractivity contribution in [2.45, 2.75) is 25.7 Å². The van der Waals surface area contributed by atoms with Crippen molar-refractivity contribution in [3.8, 4) is 22.4 Å². The summed E-state index contributed by atoms with van der Waals surface area (Å²) in [5.74, 6) is -0.0542. The number of rotatable bonds is 5. The molecule has 0 spiro atoms. The molecule has 3 aromatic rings. The van der Waals surface area contributed by atoms with E-state index in [0.29, 0.717) is 16.8 Å². The summed E-state index contributed by atoms with van der Waals surface area (Å²) in [6.45, 7) is 0.826. The zero-order valence-corrected chi connectivity index (χ0v) is 14.4. The molecule has 0 saturated carbocycles. The van der Waals surface area contributed by atoms with Gasteiger partial charge in [0, 0.05) is 17.3 Å². The second kappa shape index (κ2) is 7.36. The first-order valence-corrected chi connectivity index (χ1v) is 8.24. The van der Waals surface area contributed by atoms with Gasteiger partial charge in [0.2, 0.25) is 0 Å². The van der Waals surface area contributed by atoms with Gasteiger partial charge in [0.1, 0.15) is 0 Å². The standard InChI is InChI=1S/C20H17F3N2O2/c1-13(26)16-7-2-3-8-17(16)14-5-4-6-15(11-14)18-9-10-25(24-18)12-19(27)20(21,22)23/h2-11,19,27H,12H2,1H3/t19-/m1/s1. The van der Waals surface area contributed by atoms with E-state index in [1.807, 2.05) is 24.3 Å². The zero-order valence-electron chi connectivity index (χ0n) is 14.4. The Balaban J connectivity index is 1.90. The molecule has 1 heterocycles. The molecule has 0 bridgehead atoms. The van der Waals surface area contributed by atoms with Crippen molar-refractivity contribution in [3.05, 3.63) is 66.4 Å². The van der Waals surface area contributed by atoms with E-state index >= 15 is 0 Å². The molecule has 0 amide bonds. The van der Waals surface area contributed by atoms with E-state index in [2.05, 4.69) is 5.10 Å². The molecule has 140 valence electrons. The molecule has 0 aliphatic carbocycles. The van der Waals surface area contributed by atoms with Crippen LogP contribution < -0.4 is 0 Å². The van der Waals surface area contributed by atoms with Gasteiger partial charge in [-0.2, -0.15) is 18.3 Å². The molecule has 27 heavy (non-hydrogen) atoms. The first kappa shape index (κ1) is 18.8. The van der Waals surface area contributed by atoms with Gasteiger partial charge in [-0.15, -0.1) is 0 Å². The van der Waals surface area contributed by atoms with E-state index in [4.69, 9.17) is 0 Å². The molecule has 3 rings (SSSR count). The molecule has 4 nitrogen and oxygen atoms in total. The molecule has 7 heteroatoms. The Morgan fingerprint density at radius 3 is 2.52 bits per heavy atom. The Morgan fingerprint density at radius 1 is 1.11 bits per heavy atom. The predicted octanol–water partition coefficient (Wildman–Crippen LogP) is 4.34. The van der Waals surface area contributed by atoms with Crippen molar-refractivity contribution in [1.29, 1.82) is 0 Å². The highest BCUT2D eigenvalue weighted by Crippen LogP contribution is 2.28. The van der Waals surface area contributed by atoms with Crippen LogP contribution in [0.3, 0.4) is 0 Å². The van der Waals surface area contributed by atoms with E-state index < -0.39 is 18.8 Å².